The summed E-state index contributed by atoms with van der Waals surface area (Å²) in [6, 6.07) is 6.82. The van der Waals surface area contributed by atoms with E-state index in [1.807, 2.05) is 12.1 Å². The fourth-order valence-electron chi connectivity index (χ4n) is 3.67. The maximum absolute atomic E-state index is 6.23. The van der Waals surface area contributed by atoms with Crippen molar-refractivity contribution in [1.82, 2.24) is 0 Å². The Kier molecular flexibility index (Phi) is 3.06. The quantitative estimate of drug-likeness (QED) is 0.815. The fourth-order valence-corrected chi connectivity index (χ4v) is 3.67. The minimum Gasteiger partial charge on any atom is -0.495 e. The van der Waals surface area contributed by atoms with Gasteiger partial charge in [0.15, 0.2) is 0 Å². The van der Waals surface area contributed by atoms with Crippen LogP contribution in [0.4, 0.5) is 11.4 Å². The number of rotatable bonds is 2. The SMILES string of the molecule is COc1cccc(N2CCC3CCCCC32)c1N. The molecule has 2 fully saturated rings. The molecule has 2 N–H and O–H groups in total. The molecule has 3 nitrogen and oxygen atoms in total. The van der Waals surface area contributed by atoms with E-state index < -0.39 is 0 Å². The molecule has 2 atom stereocenters. The van der Waals surface area contributed by atoms with Gasteiger partial charge in [0.2, 0.25) is 0 Å². The number of benzene rings is 1. The molecule has 0 radical (unpaired) electrons. The Morgan fingerprint density at radius 2 is 2.06 bits per heavy atom. The lowest BCUT2D eigenvalue weighted by atomic mass is 9.85. The molecule has 0 aromatic heterocycles. The summed E-state index contributed by atoms with van der Waals surface area (Å²) < 4.78 is 5.33. The van der Waals surface area contributed by atoms with E-state index in [2.05, 4.69) is 11.0 Å². The average Bonchev–Trinajstić information content (AvgIpc) is 2.83. The smallest absolute Gasteiger partial charge is 0.143 e. The van der Waals surface area contributed by atoms with Gasteiger partial charge in [-0.05, 0) is 37.3 Å². The zero-order valence-corrected chi connectivity index (χ0v) is 11.1. The van der Waals surface area contributed by atoms with Crippen LogP contribution in [0.25, 0.3) is 0 Å². The largest absolute Gasteiger partial charge is 0.495 e. The number of nitrogens with zero attached hydrogens (tertiary/aromatic N) is 1. The van der Waals surface area contributed by atoms with Crippen LogP contribution in [-0.4, -0.2) is 19.7 Å². The summed E-state index contributed by atoms with van der Waals surface area (Å²) in [7, 11) is 1.68. The minimum atomic E-state index is 0.702. The molecule has 1 aliphatic heterocycles. The molecule has 0 spiro atoms. The van der Waals surface area contributed by atoms with Gasteiger partial charge in [-0.25, -0.2) is 0 Å². The first-order valence-electron chi connectivity index (χ1n) is 7.00. The Balaban J connectivity index is 1.90. The van der Waals surface area contributed by atoms with Gasteiger partial charge in [0, 0.05) is 12.6 Å². The van der Waals surface area contributed by atoms with Crippen LogP contribution < -0.4 is 15.4 Å². The highest BCUT2D eigenvalue weighted by molar-refractivity contribution is 5.74. The van der Waals surface area contributed by atoms with Gasteiger partial charge >= 0.3 is 0 Å². The summed E-state index contributed by atoms with van der Waals surface area (Å²) in [4.78, 5) is 2.52. The van der Waals surface area contributed by atoms with Crippen molar-refractivity contribution in [3.8, 4) is 5.75 Å². The first-order valence-corrected chi connectivity index (χ1v) is 7.00. The highest BCUT2D eigenvalue weighted by Gasteiger charge is 2.36. The Morgan fingerprint density at radius 3 is 2.89 bits per heavy atom. The van der Waals surface area contributed by atoms with Crippen LogP contribution in [0.3, 0.4) is 0 Å². The van der Waals surface area contributed by atoms with E-state index in [0.29, 0.717) is 6.04 Å². The standard InChI is InChI=1S/C15H22N2O/c1-18-14-8-4-7-13(15(14)16)17-10-9-11-5-2-3-6-12(11)17/h4,7-8,11-12H,2-3,5-6,9-10,16H2,1H3. The van der Waals surface area contributed by atoms with Gasteiger partial charge in [0.05, 0.1) is 18.5 Å². The van der Waals surface area contributed by atoms with E-state index in [1.165, 1.54) is 37.8 Å². The van der Waals surface area contributed by atoms with Crippen molar-refractivity contribution >= 4 is 11.4 Å². The number of methoxy groups -OCH3 is 1. The van der Waals surface area contributed by atoms with Gasteiger partial charge in [0.1, 0.15) is 5.75 Å². The Bertz CT molecular complexity index is 433. The number of fused-ring (bicyclic) bond motifs is 1. The first kappa shape index (κ1) is 11.7. The number of hydrogen-bond donors (Lipinski definition) is 1. The number of ether oxygens (including phenoxy) is 1. The maximum Gasteiger partial charge on any atom is 0.143 e. The Morgan fingerprint density at radius 1 is 1.22 bits per heavy atom. The lowest BCUT2D eigenvalue weighted by molar-refractivity contribution is 0.342. The zero-order valence-electron chi connectivity index (χ0n) is 11.1. The lowest BCUT2D eigenvalue weighted by Gasteiger charge is -2.34. The van der Waals surface area contributed by atoms with Crippen LogP contribution in [-0.2, 0) is 0 Å². The van der Waals surface area contributed by atoms with Crippen LogP contribution in [0.5, 0.6) is 5.75 Å². The molecule has 0 bridgehead atoms. The van der Waals surface area contributed by atoms with Crippen molar-refractivity contribution in [2.24, 2.45) is 5.92 Å². The number of anilines is 2. The van der Waals surface area contributed by atoms with Crippen molar-refractivity contribution in [2.75, 3.05) is 24.3 Å². The lowest BCUT2D eigenvalue weighted by Crippen LogP contribution is -2.35. The zero-order chi connectivity index (χ0) is 12.5. The summed E-state index contributed by atoms with van der Waals surface area (Å²) in [5.74, 6) is 1.68. The molecule has 18 heavy (non-hydrogen) atoms. The van der Waals surface area contributed by atoms with E-state index in [-0.39, 0.29) is 0 Å². The summed E-state index contributed by atoms with van der Waals surface area (Å²) >= 11 is 0. The molecule has 2 aliphatic rings. The second-order valence-electron chi connectivity index (χ2n) is 5.49. The molecular formula is C15H22N2O. The van der Waals surface area contributed by atoms with E-state index >= 15 is 0 Å². The van der Waals surface area contributed by atoms with Gasteiger partial charge in [-0.2, -0.15) is 0 Å². The molecule has 0 amide bonds. The molecule has 2 unspecified atom stereocenters. The third-order valence-electron chi connectivity index (χ3n) is 4.58. The molecule has 1 saturated carbocycles. The Labute approximate surface area is 109 Å². The summed E-state index contributed by atoms with van der Waals surface area (Å²) in [5.41, 5.74) is 8.20. The molecule has 98 valence electrons. The van der Waals surface area contributed by atoms with E-state index in [4.69, 9.17) is 10.5 Å². The normalized spacial score (nSPS) is 27.1. The molecule has 1 aromatic rings. The number of para-hydroxylation sites is 1. The number of nitrogen functional groups attached to an aromatic ring is 1. The van der Waals surface area contributed by atoms with Crippen molar-refractivity contribution in [1.29, 1.82) is 0 Å². The van der Waals surface area contributed by atoms with Crippen molar-refractivity contribution in [2.45, 2.75) is 38.1 Å². The molecule has 3 heteroatoms. The van der Waals surface area contributed by atoms with Gasteiger partial charge in [-0.1, -0.05) is 18.9 Å². The highest BCUT2D eigenvalue weighted by Crippen LogP contribution is 2.42. The predicted molar refractivity (Wildman–Crippen MR) is 75.1 cm³/mol. The van der Waals surface area contributed by atoms with Crippen LogP contribution >= 0.6 is 0 Å². The predicted octanol–water partition coefficient (Wildman–Crippen LogP) is 3.05. The average molecular weight is 246 g/mol. The van der Waals surface area contributed by atoms with Gasteiger partial charge in [-0.3, -0.25) is 0 Å². The minimum absolute atomic E-state index is 0.702. The van der Waals surface area contributed by atoms with E-state index in [0.717, 1.165) is 23.9 Å². The molecule has 1 aliphatic carbocycles. The second kappa shape index (κ2) is 4.71. The van der Waals surface area contributed by atoms with Crippen LogP contribution in [0, 0.1) is 5.92 Å². The second-order valence-corrected chi connectivity index (χ2v) is 5.49. The van der Waals surface area contributed by atoms with Gasteiger partial charge in [-0.15, -0.1) is 0 Å². The third-order valence-corrected chi connectivity index (χ3v) is 4.58. The molecule has 3 rings (SSSR count). The monoisotopic (exact) mass is 246 g/mol. The van der Waals surface area contributed by atoms with Crippen LogP contribution in [0.1, 0.15) is 32.1 Å². The summed E-state index contributed by atoms with van der Waals surface area (Å²) in [6.07, 6.45) is 6.80. The van der Waals surface area contributed by atoms with Crippen molar-refractivity contribution in [3.63, 3.8) is 0 Å². The van der Waals surface area contributed by atoms with Gasteiger partial charge in [0.25, 0.3) is 0 Å². The van der Waals surface area contributed by atoms with Crippen LogP contribution in [0.2, 0.25) is 0 Å². The topological polar surface area (TPSA) is 38.5 Å². The first-order chi connectivity index (χ1) is 8.81. The number of hydrogen-bond acceptors (Lipinski definition) is 3. The molecule has 1 saturated heterocycles. The third kappa shape index (κ3) is 1.82. The maximum atomic E-state index is 6.23. The molecule has 1 heterocycles. The molecular weight excluding hydrogens is 224 g/mol. The Hall–Kier alpha value is -1.38. The van der Waals surface area contributed by atoms with Crippen molar-refractivity contribution < 1.29 is 4.74 Å². The van der Waals surface area contributed by atoms with Gasteiger partial charge < -0.3 is 15.4 Å². The van der Waals surface area contributed by atoms with Crippen molar-refractivity contribution in [3.05, 3.63) is 18.2 Å². The summed E-state index contributed by atoms with van der Waals surface area (Å²) in [5, 5.41) is 0. The van der Waals surface area contributed by atoms with E-state index in [1.54, 1.807) is 7.11 Å². The number of nitrogens with two attached hydrogens (primary N) is 1. The fraction of sp³-hybridized carbons (Fsp3) is 0.600. The van der Waals surface area contributed by atoms with Crippen LogP contribution in [0.15, 0.2) is 18.2 Å². The van der Waals surface area contributed by atoms with E-state index in [9.17, 15) is 0 Å². The molecule has 1 aromatic carbocycles. The summed E-state index contributed by atoms with van der Waals surface area (Å²) in [6.45, 7) is 1.15. The highest BCUT2D eigenvalue weighted by atomic mass is 16.5.